The third kappa shape index (κ3) is 4.73. The molecule has 0 radical (unpaired) electrons. The first-order valence-electron chi connectivity index (χ1n) is 10.3. The van der Waals surface area contributed by atoms with Crippen molar-refractivity contribution < 1.29 is 14.0 Å². The van der Waals surface area contributed by atoms with Crippen LogP contribution in [-0.2, 0) is 4.79 Å². The number of benzene rings is 1. The largest absolute Gasteiger partial charge is 0.449 e. The summed E-state index contributed by atoms with van der Waals surface area (Å²) in [5, 5.41) is 6.83. The van der Waals surface area contributed by atoms with Crippen molar-refractivity contribution in [2.24, 2.45) is 5.92 Å². The first-order valence-corrected chi connectivity index (χ1v) is 10.7. The van der Waals surface area contributed by atoms with Gasteiger partial charge in [0.2, 0.25) is 11.7 Å². The Balaban J connectivity index is 1.56. The summed E-state index contributed by atoms with van der Waals surface area (Å²) < 4.78 is 5.81. The van der Waals surface area contributed by atoms with E-state index in [-0.39, 0.29) is 17.6 Å². The van der Waals surface area contributed by atoms with Crippen LogP contribution >= 0.6 is 11.6 Å². The third-order valence-electron chi connectivity index (χ3n) is 5.82. The summed E-state index contributed by atoms with van der Waals surface area (Å²) in [7, 11) is 4.15. The Morgan fingerprint density at radius 1 is 1.06 bits per heavy atom. The summed E-state index contributed by atoms with van der Waals surface area (Å²) in [4.78, 5) is 32.3. The fourth-order valence-electron chi connectivity index (χ4n) is 4.03. The van der Waals surface area contributed by atoms with E-state index in [1.54, 1.807) is 18.2 Å². The molecule has 7 nitrogen and oxygen atoms in total. The third-order valence-corrected chi connectivity index (χ3v) is 6.04. The van der Waals surface area contributed by atoms with Gasteiger partial charge in [0.25, 0.3) is 5.91 Å². The van der Waals surface area contributed by atoms with Gasteiger partial charge in [0.15, 0.2) is 0 Å². The molecule has 2 N–H and O–H groups in total. The lowest BCUT2D eigenvalue weighted by Gasteiger charge is -2.31. The molecular weight excluding hydrogens is 416 g/mol. The molecule has 1 fully saturated rings. The minimum Gasteiger partial charge on any atom is -0.449 e. The minimum absolute atomic E-state index is 0.0493. The van der Waals surface area contributed by atoms with Crippen LogP contribution in [0.15, 0.2) is 47.0 Å². The molecule has 31 heavy (non-hydrogen) atoms. The standard InChI is InChI=1S/C23H25ClN4O3/c1-28(2)16-10-7-14(8-11-16)22(29)27-20-17-5-3-4-6-18(17)31-21(20)23(30)26-19-12-9-15(24)13-25-19/h3-6,9,12-14,16H,7-8,10-11H2,1-2H3,(H,27,29)(H,25,26,30)/t14-,16-. The zero-order chi connectivity index (χ0) is 22.0. The number of para-hydroxylation sites is 1. The Hall–Kier alpha value is -2.90. The van der Waals surface area contributed by atoms with Crippen molar-refractivity contribution in [3.63, 3.8) is 0 Å². The Morgan fingerprint density at radius 2 is 1.81 bits per heavy atom. The van der Waals surface area contributed by atoms with Gasteiger partial charge in [0.1, 0.15) is 17.1 Å². The van der Waals surface area contributed by atoms with Crippen LogP contribution in [0.25, 0.3) is 11.0 Å². The number of carbonyl (C=O) groups excluding carboxylic acids is 2. The average molecular weight is 441 g/mol. The lowest BCUT2D eigenvalue weighted by molar-refractivity contribution is -0.121. The van der Waals surface area contributed by atoms with Gasteiger partial charge in [-0.05, 0) is 64.0 Å². The van der Waals surface area contributed by atoms with Crippen LogP contribution in [-0.4, -0.2) is 41.8 Å². The van der Waals surface area contributed by atoms with Crippen molar-refractivity contribution in [1.82, 2.24) is 9.88 Å². The second-order valence-corrected chi connectivity index (χ2v) is 8.51. The van der Waals surface area contributed by atoms with Gasteiger partial charge in [-0.3, -0.25) is 9.59 Å². The molecule has 0 spiro atoms. The number of furan rings is 1. The first kappa shape index (κ1) is 21.3. The van der Waals surface area contributed by atoms with Gasteiger partial charge in [0.05, 0.1) is 5.02 Å². The summed E-state index contributed by atoms with van der Waals surface area (Å²) in [5.74, 6) is -0.263. The van der Waals surface area contributed by atoms with Crippen LogP contribution in [0.2, 0.25) is 5.02 Å². The Labute approximate surface area is 185 Å². The highest BCUT2D eigenvalue weighted by Crippen LogP contribution is 2.33. The van der Waals surface area contributed by atoms with E-state index in [1.807, 2.05) is 18.2 Å². The zero-order valence-electron chi connectivity index (χ0n) is 17.5. The lowest BCUT2D eigenvalue weighted by atomic mass is 9.85. The number of rotatable bonds is 5. The molecule has 4 rings (SSSR count). The molecule has 2 aromatic heterocycles. The van der Waals surface area contributed by atoms with E-state index in [2.05, 4.69) is 34.6 Å². The van der Waals surface area contributed by atoms with E-state index in [4.69, 9.17) is 16.0 Å². The molecule has 0 saturated heterocycles. The van der Waals surface area contributed by atoms with Gasteiger partial charge in [-0.1, -0.05) is 23.7 Å². The molecule has 2 amide bonds. The fraction of sp³-hybridized carbons (Fsp3) is 0.348. The second kappa shape index (κ2) is 9.08. The van der Waals surface area contributed by atoms with Gasteiger partial charge >= 0.3 is 0 Å². The van der Waals surface area contributed by atoms with Crippen molar-refractivity contribution >= 4 is 45.9 Å². The summed E-state index contributed by atoms with van der Waals surface area (Å²) >= 11 is 5.86. The maximum Gasteiger partial charge on any atom is 0.294 e. The number of hydrogen-bond donors (Lipinski definition) is 2. The highest BCUT2D eigenvalue weighted by atomic mass is 35.5. The van der Waals surface area contributed by atoms with Gasteiger partial charge in [-0.15, -0.1) is 0 Å². The Morgan fingerprint density at radius 3 is 2.48 bits per heavy atom. The number of fused-ring (bicyclic) bond motifs is 1. The van der Waals surface area contributed by atoms with Crippen molar-refractivity contribution in [1.29, 1.82) is 0 Å². The summed E-state index contributed by atoms with van der Waals surface area (Å²) in [5.41, 5.74) is 0.921. The van der Waals surface area contributed by atoms with Crippen molar-refractivity contribution in [3.05, 3.63) is 53.4 Å². The van der Waals surface area contributed by atoms with Crippen LogP contribution in [0.3, 0.4) is 0 Å². The maximum atomic E-state index is 13.0. The first-order chi connectivity index (χ1) is 14.9. The van der Waals surface area contributed by atoms with Crippen LogP contribution in [0.4, 0.5) is 11.5 Å². The van der Waals surface area contributed by atoms with Crippen molar-refractivity contribution in [3.8, 4) is 0 Å². The smallest absolute Gasteiger partial charge is 0.294 e. The van der Waals surface area contributed by atoms with Crippen LogP contribution in [0, 0.1) is 5.92 Å². The highest BCUT2D eigenvalue weighted by Gasteiger charge is 2.29. The van der Waals surface area contributed by atoms with E-state index >= 15 is 0 Å². The predicted octanol–water partition coefficient (Wildman–Crippen LogP) is 4.79. The molecule has 1 saturated carbocycles. The van der Waals surface area contributed by atoms with Crippen LogP contribution in [0.5, 0.6) is 0 Å². The average Bonchev–Trinajstić information content (AvgIpc) is 3.14. The quantitative estimate of drug-likeness (QED) is 0.595. The number of aromatic nitrogens is 1. The minimum atomic E-state index is -0.488. The van der Waals surface area contributed by atoms with Crippen molar-refractivity contribution in [2.75, 3.05) is 24.7 Å². The number of pyridine rings is 1. The highest BCUT2D eigenvalue weighted by molar-refractivity contribution is 6.30. The number of anilines is 2. The van der Waals surface area contributed by atoms with E-state index in [1.165, 1.54) is 6.20 Å². The molecule has 1 aliphatic carbocycles. The normalized spacial score (nSPS) is 18.8. The molecule has 2 heterocycles. The Bertz CT molecular complexity index is 1090. The lowest BCUT2D eigenvalue weighted by Crippen LogP contribution is -2.35. The topological polar surface area (TPSA) is 87.5 Å². The molecule has 0 bridgehead atoms. The number of nitrogens with one attached hydrogen (secondary N) is 2. The molecule has 1 aliphatic rings. The molecule has 3 aromatic rings. The fourth-order valence-corrected chi connectivity index (χ4v) is 4.14. The summed E-state index contributed by atoms with van der Waals surface area (Å²) in [6.07, 6.45) is 5.05. The number of halogens is 1. The van der Waals surface area contributed by atoms with Gasteiger partial charge in [-0.25, -0.2) is 4.98 Å². The molecule has 0 aliphatic heterocycles. The Kier molecular flexibility index (Phi) is 6.25. The molecule has 1 aromatic carbocycles. The van der Waals surface area contributed by atoms with Gasteiger partial charge < -0.3 is 20.0 Å². The maximum absolute atomic E-state index is 13.0. The van der Waals surface area contributed by atoms with Crippen LogP contribution in [0.1, 0.15) is 36.2 Å². The molecular formula is C23H25ClN4O3. The van der Waals surface area contributed by atoms with E-state index in [0.717, 1.165) is 25.7 Å². The van der Waals surface area contributed by atoms with E-state index in [0.29, 0.717) is 33.5 Å². The van der Waals surface area contributed by atoms with Gasteiger partial charge in [0, 0.05) is 23.5 Å². The number of amides is 2. The predicted molar refractivity (Wildman–Crippen MR) is 121 cm³/mol. The monoisotopic (exact) mass is 440 g/mol. The number of carbonyl (C=O) groups is 2. The van der Waals surface area contributed by atoms with Crippen LogP contribution < -0.4 is 10.6 Å². The van der Waals surface area contributed by atoms with Crippen molar-refractivity contribution in [2.45, 2.75) is 31.7 Å². The summed E-state index contributed by atoms with van der Waals surface area (Å²) in [6, 6.07) is 11.0. The number of nitrogens with zero attached hydrogens (tertiary/aromatic N) is 2. The second-order valence-electron chi connectivity index (χ2n) is 8.08. The molecule has 0 unspecified atom stereocenters. The molecule has 162 valence electrons. The zero-order valence-corrected chi connectivity index (χ0v) is 18.3. The van der Waals surface area contributed by atoms with E-state index < -0.39 is 5.91 Å². The molecule has 8 heteroatoms. The van der Waals surface area contributed by atoms with E-state index in [9.17, 15) is 9.59 Å². The SMILES string of the molecule is CN(C)[C@H]1CC[C@H](C(=O)Nc2c(C(=O)Nc3ccc(Cl)cn3)oc3ccccc23)CC1. The van der Waals surface area contributed by atoms with Gasteiger partial charge in [-0.2, -0.15) is 0 Å². The molecule has 0 atom stereocenters. The summed E-state index contributed by atoms with van der Waals surface area (Å²) in [6.45, 7) is 0. The number of hydrogen-bond acceptors (Lipinski definition) is 5.